The number of likely N-dealkylation sites (tertiary alicyclic amines) is 1. The van der Waals surface area contributed by atoms with E-state index in [1.54, 1.807) is 11.2 Å². The van der Waals surface area contributed by atoms with Crippen LogP contribution in [0.2, 0.25) is 0 Å². The summed E-state index contributed by atoms with van der Waals surface area (Å²) in [6.07, 6.45) is 4.70. The standard InChI is InChI=1S/C17H27N5O2/c1-17(2,3)24-16(23)22-9-6-13(11-22)20-14-10-15(19-12-18-14)21-7-4-5-8-21/h10,12-13H,4-9,11H2,1-3H3,(H,18,19,20). The molecule has 1 N–H and O–H groups in total. The molecule has 2 fully saturated rings. The van der Waals surface area contributed by atoms with E-state index in [1.807, 2.05) is 26.8 Å². The highest BCUT2D eigenvalue weighted by Gasteiger charge is 2.30. The molecule has 0 saturated carbocycles. The van der Waals surface area contributed by atoms with Crippen LogP contribution in [0.15, 0.2) is 12.4 Å². The number of anilines is 2. The van der Waals surface area contributed by atoms with E-state index in [0.717, 1.165) is 31.1 Å². The molecule has 1 aromatic heterocycles. The van der Waals surface area contributed by atoms with Gasteiger partial charge in [0.05, 0.1) is 0 Å². The lowest BCUT2D eigenvalue weighted by atomic mass is 10.2. The number of carbonyl (C=O) groups is 1. The first-order valence-corrected chi connectivity index (χ1v) is 8.72. The molecule has 2 aliphatic heterocycles. The molecule has 24 heavy (non-hydrogen) atoms. The molecule has 1 unspecified atom stereocenters. The molecule has 132 valence electrons. The maximum atomic E-state index is 12.1. The Morgan fingerprint density at radius 1 is 1.25 bits per heavy atom. The lowest BCUT2D eigenvalue weighted by molar-refractivity contribution is 0.0293. The molecule has 1 aromatic rings. The van der Waals surface area contributed by atoms with Crippen LogP contribution < -0.4 is 10.2 Å². The van der Waals surface area contributed by atoms with Crippen molar-refractivity contribution >= 4 is 17.7 Å². The van der Waals surface area contributed by atoms with E-state index in [0.29, 0.717) is 13.1 Å². The molecule has 0 spiro atoms. The Hall–Kier alpha value is -2.05. The van der Waals surface area contributed by atoms with Gasteiger partial charge in [-0.15, -0.1) is 0 Å². The number of aromatic nitrogens is 2. The second kappa shape index (κ2) is 6.83. The molecule has 7 nitrogen and oxygen atoms in total. The number of carbonyl (C=O) groups excluding carboxylic acids is 1. The molecule has 3 rings (SSSR count). The first kappa shape index (κ1) is 16.8. The third kappa shape index (κ3) is 4.27. The first-order valence-electron chi connectivity index (χ1n) is 8.72. The van der Waals surface area contributed by atoms with E-state index in [-0.39, 0.29) is 12.1 Å². The summed E-state index contributed by atoms with van der Waals surface area (Å²) in [5.74, 6) is 1.80. The third-order valence-electron chi connectivity index (χ3n) is 4.27. The van der Waals surface area contributed by atoms with Gasteiger partial charge in [-0.05, 0) is 40.0 Å². The van der Waals surface area contributed by atoms with Gasteiger partial charge in [-0.1, -0.05) is 0 Å². The van der Waals surface area contributed by atoms with Gasteiger partial charge in [0.1, 0.15) is 23.6 Å². The van der Waals surface area contributed by atoms with Gasteiger partial charge < -0.3 is 19.9 Å². The molecule has 0 aliphatic carbocycles. The van der Waals surface area contributed by atoms with Crippen LogP contribution in [-0.4, -0.2) is 58.8 Å². The van der Waals surface area contributed by atoms with Crippen molar-refractivity contribution in [2.24, 2.45) is 0 Å². The van der Waals surface area contributed by atoms with Crippen LogP contribution >= 0.6 is 0 Å². The molecule has 3 heterocycles. The quantitative estimate of drug-likeness (QED) is 0.916. The van der Waals surface area contributed by atoms with Gasteiger partial charge in [-0.2, -0.15) is 0 Å². The van der Waals surface area contributed by atoms with E-state index < -0.39 is 5.60 Å². The van der Waals surface area contributed by atoms with E-state index in [2.05, 4.69) is 20.2 Å². The molecule has 2 aliphatic rings. The number of hydrogen-bond acceptors (Lipinski definition) is 6. The van der Waals surface area contributed by atoms with Gasteiger partial charge in [0, 0.05) is 38.3 Å². The topological polar surface area (TPSA) is 70.6 Å². The van der Waals surface area contributed by atoms with E-state index in [4.69, 9.17) is 4.74 Å². The summed E-state index contributed by atoms with van der Waals surface area (Å²) in [6.45, 7) is 9.12. The zero-order chi connectivity index (χ0) is 17.2. The van der Waals surface area contributed by atoms with Gasteiger partial charge >= 0.3 is 6.09 Å². The molecule has 0 radical (unpaired) electrons. The van der Waals surface area contributed by atoms with Crippen LogP contribution in [-0.2, 0) is 4.74 Å². The summed E-state index contributed by atoms with van der Waals surface area (Å²) in [5.41, 5.74) is -0.458. The fraction of sp³-hybridized carbons (Fsp3) is 0.706. The Labute approximate surface area is 143 Å². The summed E-state index contributed by atoms with van der Waals surface area (Å²) in [4.78, 5) is 24.9. The van der Waals surface area contributed by atoms with Crippen molar-refractivity contribution in [1.29, 1.82) is 0 Å². The van der Waals surface area contributed by atoms with E-state index in [1.165, 1.54) is 12.8 Å². The molecule has 0 bridgehead atoms. The average molecular weight is 333 g/mol. The highest BCUT2D eigenvalue weighted by Crippen LogP contribution is 2.22. The highest BCUT2D eigenvalue weighted by molar-refractivity contribution is 5.68. The molecular formula is C17H27N5O2. The molecule has 1 amide bonds. The monoisotopic (exact) mass is 333 g/mol. The van der Waals surface area contributed by atoms with Gasteiger partial charge in [0.2, 0.25) is 0 Å². The Morgan fingerprint density at radius 2 is 2.00 bits per heavy atom. The van der Waals surface area contributed by atoms with E-state index in [9.17, 15) is 4.79 Å². The first-order chi connectivity index (χ1) is 11.4. The Kier molecular flexibility index (Phi) is 4.78. The fourth-order valence-electron chi connectivity index (χ4n) is 3.12. The van der Waals surface area contributed by atoms with Crippen molar-refractivity contribution in [3.63, 3.8) is 0 Å². The second-order valence-electron chi connectivity index (χ2n) is 7.51. The predicted molar refractivity (Wildman–Crippen MR) is 93.3 cm³/mol. The molecular weight excluding hydrogens is 306 g/mol. The number of ether oxygens (including phenoxy) is 1. The summed E-state index contributed by atoms with van der Waals surface area (Å²) >= 11 is 0. The number of nitrogens with one attached hydrogen (secondary N) is 1. The second-order valence-corrected chi connectivity index (χ2v) is 7.51. The minimum atomic E-state index is -0.458. The number of rotatable bonds is 3. The summed E-state index contributed by atoms with van der Waals surface area (Å²) in [6, 6.07) is 2.19. The maximum absolute atomic E-state index is 12.1. The maximum Gasteiger partial charge on any atom is 0.410 e. The van der Waals surface area contributed by atoms with Crippen molar-refractivity contribution in [2.45, 2.75) is 51.7 Å². The molecule has 2 saturated heterocycles. The average Bonchev–Trinajstić information content (AvgIpc) is 3.17. The van der Waals surface area contributed by atoms with Crippen molar-refractivity contribution in [3.8, 4) is 0 Å². The lowest BCUT2D eigenvalue weighted by Crippen LogP contribution is -2.36. The summed E-state index contributed by atoms with van der Waals surface area (Å²) in [5, 5.41) is 3.43. The summed E-state index contributed by atoms with van der Waals surface area (Å²) < 4.78 is 5.43. The van der Waals surface area contributed by atoms with E-state index >= 15 is 0 Å². The smallest absolute Gasteiger partial charge is 0.410 e. The molecule has 1 atom stereocenters. The van der Waals surface area contributed by atoms with Crippen LogP contribution in [0, 0.1) is 0 Å². The number of hydrogen-bond donors (Lipinski definition) is 1. The fourth-order valence-corrected chi connectivity index (χ4v) is 3.12. The Morgan fingerprint density at radius 3 is 2.71 bits per heavy atom. The lowest BCUT2D eigenvalue weighted by Gasteiger charge is -2.24. The number of amides is 1. The van der Waals surface area contributed by atoms with Crippen LogP contribution in [0.5, 0.6) is 0 Å². The minimum absolute atomic E-state index is 0.193. The minimum Gasteiger partial charge on any atom is -0.444 e. The van der Waals surface area contributed by atoms with Crippen molar-refractivity contribution in [2.75, 3.05) is 36.4 Å². The van der Waals surface area contributed by atoms with Gasteiger partial charge in [0.15, 0.2) is 0 Å². The van der Waals surface area contributed by atoms with Gasteiger partial charge in [-0.3, -0.25) is 0 Å². The third-order valence-corrected chi connectivity index (χ3v) is 4.27. The summed E-state index contributed by atoms with van der Waals surface area (Å²) in [7, 11) is 0. The van der Waals surface area contributed by atoms with Crippen LogP contribution in [0.3, 0.4) is 0 Å². The van der Waals surface area contributed by atoms with Crippen molar-refractivity contribution in [1.82, 2.24) is 14.9 Å². The molecule has 0 aromatic carbocycles. The largest absolute Gasteiger partial charge is 0.444 e. The van der Waals surface area contributed by atoms with Crippen LogP contribution in [0.4, 0.5) is 16.4 Å². The predicted octanol–water partition coefficient (Wildman–Crippen LogP) is 2.50. The van der Waals surface area contributed by atoms with Gasteiger partial charge in [-0.25, -0.2) is 14.8 Å². The Balaban J connectivity index is 1.55. The molecule has 7 heteroatoms. The normalized spacial score (nSPS) is 21.2. The SMILES string of the molecule is CC(C)(C)OC(=O)N1CCC(Nc2cc(N3CCCC3)ncn2)C1. The number of nitrogens with zero attached hydrogens (tertiary/aromatic N) is 4. The van der Waals surface area contributed by atoms with Crippen molar-refractivity contribution in [3.05, 3.63) is 12.4 Å². The van der Waals surface area contributed by atoms with Crippen LogP contribution in [0.1, 0.15) is 40.0 Å². The Bertz CT molecular complexity index is 581. The van der Waals surface area contributed by atoms with Crippen molar-refractivity contribution < 1.29 is 9.53 Å². The van der Waals surface area contributed by atoms with Gasteiger partial charge in [0.25, 0.3) is 0 Å². The van der Waals surface area contributed by atoms with Crippen LogP contribution in [0.25, 0.3) is 0 Å². The zero-order valence-electron chi connectivity index (χ0n) is 14.8. The zero-order valence-corrected chi connectivity index (χ0v) is 14.8. The highest BCUT2D eigenvalue weighted by atomic mass is 16.6.